The normalized spacial score (nSPS) is 13.9. The lowest BCUT2D eigenvalue weighted by Crippen LogP contribution is -1.94. The molecule has 1 fully saturated rings. The molecule has 1 saturated carbocycles. The summed E-state index contributed by atoms with van der Waals surface area (Å²) in [6, 6.07) is 0. The SMILES string of the molecule is C1CCCCC1.NC(=O)Cl.NC(=O)Cl. The highest BCUT2D eigenvalue weighted by atomic mass is 35.5. The molecule has 84 valence electrons. The standard InChI is InChI=1S/C6H12.2CH2ClNO/c1-2-4-6-5-3-1;2*2-1(3)4/h1-6H2;2*(H2,3,4). The maximum Gasteiger partial charge on any atom is 0.311 e. The van der Waals surface area contributed by atoms with Gasteiger partial charge >= 0.3 is 10.7 Å². The zero-order valence-electron chi connectivity index (χ0n) is 7.97. The molecular weight excluding hydrogens is 227 g/mol. The van der Waals surface area contributed by atoms with Gasteiger partial charge in [-0.05, 0) is 23.2 Å². The third-order valence-electron chi connectivity index (χ3n) is 1.50. The number of amides is 2. The molecular formula is C8H16Cl2N2O2. The fourth-order valence-corrected chi connectivity index (χ4v) is 1.06. The largest absolute Gasteiger partial charge is 0.356 e. The molecule has 0 unspecified atom stereocenters. The summed E-state index contributed by atoms with van der Waals surface area (Å²) >= 11 is 8.83. The van der Waals surface area contributed by atoms with E-state index in [0.29, 0.717) is 0 Å². The fourth-order valence-electron chi connectivity index (χ4n) is 1.06. The van der Waals surface area contributed by atoms with Gasteiger partial charge in [-0.1, -0.05) is 38.5 Å². The Kier molecular flexibility index (Phi) is 14.3. The average molecular weight is 243 g/mol. The summed E-state index contributed by atoms with van der Waals surface area (Å²) in [6.07, 6.45) is 9.00. The van der Waals surface area contributed by atoms with Crippen molar-refractivity contribution in [2.24, 2.45) is 11.5 Å². The van der Waals surface area contributed by atoms with Crippen molar-refractivity contribution in [2.45, 2.75) is 38.5 Å². The Morgan fingerprint density at radius 2 is 0.786 bits per heavy atom. The van der Waals surface area contributed by atoms with Gasteiger partial charge in [0.25, 0.3) is 0 Å². The van der Waals surface area contributed by atoms with Crippen LogP contribution in [0, 0.1) is 0 Å². The molecule has 1 rings (SSSR count). The van der Waals surface area contributed by atoms with Crippen LogP contribution in [0.15, 0.2) is 0 Å². The second-order valence-corrected chi connectivity index (χ2v) is 3.47. The van der Waals surface area contributed by atoms with Crippen LogP contribution in [0.2, 0.25) is 0 Å². The molecule has 0 atom stereocenters. The van der Waals surface area contributed by atoms with Crippen LogP contribution >= 0.6 is 23.2 Å². The first-order valence-electron chi connectivity index (χ1n) is 4.36. The van der Waals surface area contributed by atoms with Gasteiger partial charge in [0, 0.05) is 0 Å². The number of nitrogens with two attached hydrogens (primary N) is 2. The molecule has 4 N–H and O–H groups in total. The van der Waals surface area contributed by atoms with E-state index in [0.717, 1.165) is 0 Å². The molecule has 0 aromatic carbocycles. The monoisotopic (exact) mass is 242 g/mol. The predicted octanol–water partition coefficient (Wildman–Crippen LogP) is 2.95. The lowest BCUT2D eigenvalue weighted by Gasteiger charge is -2.05. The highest BCUT2D eigenvalue weighted by Crippen LogP contribution is 2.15. The number of rotatable bonds is 0. The van der Waals surface area contributed by atoms with E-state index in [-0.39, 0.29) is 0 Å². The Balaban J connectivity index is 0. The van der Waals surface area contributed by atoms with E-state index < -0.39 is 10.7 Å². The first-order valence-corrected chi connectivity index (χ1v) is 5.12. The van der Waals surface area contributed by atoms with Gasteiger partial charge in [-0.3, -0.25) is 9.59 Å². The summed E-state index contributed by atoms with van der Waals surface area (Å²) in [4.78, 5) is 18.0. The van der Waals surface area contributed by atoms with Crippen molar-refractivity contribution in [3.8, 4) is 0 Å². The van der Waals surface area contributed by atoms with Gasteiger partial charge in [-0.2, -0.15) is 0 Å². The van der Waals surface area contributed by atoms with E-state index in [9.17, 15) is 0 Å². The molecule has 0 spiro atoms. The van der Waals surface area contributed by atoms with Crippen LogP contribution in [0.1, 0.15) is 38.5 Å². The third kappa shape index (κ3) is 41.8. The minimum atomic E-state index is -0.861. The first-order chi connectivity index (χ1) is 6.46. The van der Waals surface area contributed by atoms with Gasteiger partial charge in [0.2, 0.25) is 0 Å². The van der Waals surface area contributed by atoms with E-state index in [1.807, 2.05) is 0 Å². The van der Waals surface area contributed by atoms with Crippen LogP contribution in [0.3, 0.4) is 0 Å². The van der Waals surface area contributed by atoms with E-state index in [1.165, 1.54) is 38.5 Å². The lowest BCUT2D eigenvalue weighted by molar-refractivity contribution is 0.265. The van der Waals surface area contributed by atoms with Crippen molar-refractivity contribution in [3.63, 3.8) is 0 Å². The second kappa shape index (κ2) is 12.5. The van der Waals surface area contributed by atoms with Crippen LogP contribution in [0.4, 0.5) is 9.59 Å². The summed E-state index contributed by atoms with van der Waals surface area (Å²) in [5, 5.41) is -1.72. The summed E-state index contributed by atoms with van der Waals surface area (Å²) < 4.78 is 0. The predicted molar refractivity (Wildman–Crippen MR) is 58.6 cm³/mol. The maximum atomic E-state index is 8.99. The Morgan fingerprint density at radius 3 is 0.857 bits per heavy atom. The molecule has 0 radical (unpaired) electrons. The molecule has 0 aromatic rings. The number of carbonyl (C=O) groups excluding carboxylic acids is 2. The number of primary amides is 2. The number of carbonyl (C=O) groups is 2. The molecule has 0 aliphatic heterocycles. The van der Waals surface area contributed by atoms with Gasteiger partial charge in [-0.25, -0.2) is 0 Å². The van der Waals surface area contributed by atoms with E-state index in [1.54, 1.807) is 0 Å². The van der Waals surface area contributed by atoms with Crippen molar-refractivity contribution >= 4 is 33.9 Å². The van der Waals surface area contributed by atoms with E-state index in [2.05, 4.69) is 34.7 Å². The number of halogens is 2. The van der Waals surface area contributed by atoms with Crippen molar-refractivity contribution in [2.75, 3.05) is 0 Å². The van der Waals surface area contributed by atoms with Crippen LogP contribution in [0.25, 0.3) is 0 Å². The minimum absolute atomic E-state index is 0.861. The molecule has 2 amide bonds. The second-order valence-electron chi connectivity index (χ2n) is 2.73. The van der Waals surface area contributed by atoms with Gasteiger partial charge in [-0.15, -0.1) is 0 Å². The molecule has 4 nitrogen and oxygen atoms in total. The summed E-state index contributed by atoms with van der Waals surface area (Å²) in [5.41, 5.74) is 8.48. The molecule has 1 aliphatic carbocycles. The van der Waals surface area contributed by atoms with E-state index in [4.69, 9.17) is 9.59 Å². The van der Waals surface area contributed by atoms with Crippen molar-refractivity contribution in [1.29, 1.82) is 0 Å². The maximum absolute atomic E-state index is 8.99. The zero-order valence-corrected chi connectivity index (χ0v) is 9.48. The third-order valence-corrected chi connectivity index (χ3v) is 1.50. The molecule has 0 saturated heterocycles. The Bertz CT molecular complexity index is 130. The molecule has 0 heterocycles. The lowest BCUT2D eigenvalue weighted by atomic mass is 10.0. The number of hydrogen-bond donors (Lipinski definition) is 2. The Labute approximate surface area is 93.9 Å². The van der Waals surface area contributed by atoms with Gasteiger partial charge in [0.15, 0.2) is 0 Å². The van der Waals surface area contributed by atoms with E-state index >= 15 is 0 Å². The fraction of sp³-hybridized carbons (Fsp3) is 0.750. The first kappa shape index (κ1) is 16.0. The summed E-state index contributed by atoms with van der Waals surface area (Å²) in [7, 11) is 0. The summed E-state index contributed by atoms with van der Waals surface area (Å²) in [6.45, 7) is 0. The molecule has 14 heavy (non-hydrogen) atoms. The van der Waals surface area contributed by atoms with Crippen molar-refractivity contribution < 1.29 is 9.59 Å². The van der Waals surface area contributed by atoms with Crippen molar-refractivity contribution in [3.05, 3.63) is 0 Å². The Hall–Kier alpha value is -0.480. The molecule has 0 bridgehead atoms. The highest BCUT2D eigenvalue weighted by Gasteiger charge is 1.95. The molecule has 0 aromatic heterocycles. The molecule has 6 heteroatoms. The van der Waals surface area contributed by atoms with Crippen LogP contribution in [0.5, 0.6) is 0 Å². The Morgan fingerprint density at radius 1 is 0.714 bits per heavy atom. The van der Waals surface area contributed by atoms with Gasteiger partial charge in [0.1, 0.15) is 0 Å². The van der Waals surface area contributed by atoms with Crippen LogP contribution < -0.4 is 11.5 Å². The topological polar surface area (TPSA) is 86.2 Å². The zero-order chi connectivity index (χ0) is 11.4. The van der Waals surface area contributed by atoms with Gasteiger partial charge < -0.3 is 11.5 Å². The van der Waals surface area contributed by atoms with Crippen molar-refractivity contribution in [1.82, 2.24) is 0 Å². The smallest absolute Gasteiger partial charge is 0.311 e. The minimum Gasteiger partial charge on any atom is -0.356 e. The summed E-state index contributed by atoms with van der Waals surface area (Å²) in [5.74, 6) is 0. The number of hydrogen-bond acceptors (Lipinski definition) is 2. The van der Waals surface area contributed by atoms with Crippen LogP contribution in [-0.2, 0) is 0 Å². The van der Waals surface area contributed by atoms with Crippen LogP contribution in [-0.4, -0.2) is 10.7 Å². The average Bonchev–Trinajstić information content (AvgIpc) is 2.05. The highest BCUT2D eigenvalue weighted by molar-refractivity contribution is 6.62. The quantitative estimate of drug-likeness (QED) is 0.506. The molecule has 1 aliphatic rings. The van der Waals surface area contributed by atoms with Gasteiger partial charge in [0.05, 0.1) is 0 Å².